The first-order chi connectivity index (χ1) is 17.0. The second kappa shape index (κ2) is 11.8. The van der Waals surface area contributed by atoms with E-state index in [9.17, 15) is 14.0 Å². The van der Waals surface area contributed by atoms with Crippen LogP contribution in [-0.2, 0) is 17.8 Å². The molecule has 0 N–H and O–H groups in total. The molecule has 1 fully saturated rings. The van der Waals surface area contributed by atoms with E-state index in [1.807, 2.05) is 49.4 Å². The summed E-state index contributed by atoms with van der Waals surface area (Å²) < 4.78 is 19.2. The number of hydrogen-bond donors (Lipinski definition) is 0. The van der Waals surface area contributed by atoms with Crippen molar-refractivity contribution in [1.82, 2.24) is 9.80 Å². The van der Waals surface area contributed by atoms with Crippen molar-refractivity contribution in [3.8, 4) is 0 Å². The minimum absolute atomic E-state index is 0.00461. The molecule has 0 unspecified atom stereocenters. The van der Waals surface area contributed by atoms with Gasteiger partial charge in [-0.15, -0.1) is 0 Å². The van der Waals surface area contributed by atoms with E-state index in [0.29, 0.717) is 25.1 Å². The fourth-order valence-corrected chi connectivity index (χ4v) is 4.72. The Morgan fingerprint density at radius 3 is 2.31 bits per heavy atom. The van der Waals surface area contributed by atoms with Gasteiger partial charge in [0.2, 0.25) is 5.91 Å². The van der Waals surface area contributed by atoms with E-state index in [1.165, 1.54) is 24.3 Å². The molecule has 0 aliphatic heterocycles. The lowest BCUT2D eigenvalue weighted by atomic mass is 9.93. The average Bonchev–Trinajstić information content (AvgIpc) is 3.30. The largest absolute Gasteiger partial charge is 0.464 e. The van der Waals surface area contributed by atoms with E-state index in [4.69, 9.17) is 4.42 Å². The smallest absolute Gasteiger partial charge is 0.254 e. The van der Waals surface area contributed by atoms with Gasteiger partial charge in [0.1, 0.15) is 23.9 Å². The van der Waals surface area contributed by atoms with E-state index < -0.39 is 0 Å². The number of furan rings is 1. The second-order valence-corrected chi connectivity index (χ2v) is 9.30. The first kappa shape index (κ1) is 24.7. The average molecular weight is 477 g/mol. The second-order valence-electron chi connectivity index (χ2n) is 9.30. The minimum Gasteiger partial charge on any atom is -0.464 e. The number of benzene rings is 2. The summed E-state index contributed by atoms with van der Waals surface area (Å²) in [5, 5.41) is 0. The zero-order chi connectivity index (χ0) is 24.6. The van der Waals surface area contributed by atoms with Gasteiger partial charge < -0.3 is 14.2 Å². The lowest BCUT2D eigenvalue weighted by Crippen LogP contribution is -2.48. The Hall–Kier alpha value is -3.41. The van der Waals surface area contributed by atoms with E-state index in [0.717, 1.165) is 49.2 Å². The van der Waals surface area contributed by atoms with Gasteiger partial charge >= 0.3 is 0 Å². The maximum Gasteiger partial charge on any atom is 0.254 e. The van der Waals surface area contributed by atoms with E-state index >= 15 is 0 Å². The molecule has 0 bridgehead atoms. The molecule has 0 saturated heterocycles. The number of nitrogens with zero attached hydrogens (tertiary/aromatic N) is 2. The summed E-state index contributed by atoms with van der Waals surface area (Å²) in [6.45, 7) is 2.75. The van der Waals surface area contributed by atoms with Crippen LogP contribution in [0.4, 0.5) is 4.39 Å². The molecule has 5 nitrogen and oxygen atoms in total. The maximum atomic E-state index is 13.6. The van der Waals surface area contributed by atoms with Crippen LogP contribution >= 0.6 is 0 Å². The zero-order valence-electron chi connectivity index (χ0n) is 20.3. The van der Waals surface area contributed by atoms with E-state index in [2.05, 4.69) is 0 Å². The van der Waals surface area contributed by atoms with Gasteiger partial charge in [-0.1, -0.05) is 49.6 Å². The highest BCUT2D eigenvalue weighted by molar-refractivity contribution is 5.96. The summed E-state index contributed by atoms with van der Waals surface area (Å²) in [5.41, 5.74) is 1.55. The first-order valence-electron chi connectivity index (χ1n) is 12.4. The molecule has 4 rings (SSSR count). The highest BCUT2D eigenvalue weighted by atomic mass is 19.1. The Bertz CT molecular complexity index is 1100. The summed E-state index contributed by atoms with van der Waals surface area (Å²) in [6, 6.07) is 19.4. The Morgan fingerprint density at radius 2 is 1.66 bits per heavy atom. The molecule has 0 atom stereocenters. The third kappa shape index (κ3) is 6.81. The molecule has 1 aliphatic carbocycles. The van der Waals surface area contributed by atoms with Crippen molar-refractivity contribution >= 4 is 11.8 Å². The third-order valence-electron chi connectivity index (χ3n) is 6.68. The van der Waals surface area contributed by atoms with Crippen LogP contribution in [0.2, 0.25) is 0 Å². The van der Waals surface area contributed by atoms with Crippen molar-refractivity contribution in [2.75, 3.05) is 13.1 Å². The van der Waals surface area contributed by atoms with Crippen molar-refractivity contribution < 1.29 is 18.4 Å². The predicted molar refractivity (Wildman–Crippen MR) is 133 cm³/mol. The van der Waals surface area contributed by atoms with Crippen LogP contribution < -0.4 is 0 Å². The molecule has 1 saturated carbocycles. The molecular formula is C29H33FN2O3. The summed E-state index contributed by atoms with van der Waals surface area (Å²) in [6.07, 6.45) is 5.68. The maximum absolute atomic E-state index is 13.6. The molecule has 2 aromatic carbocycles. The number of aryl methyl sites for hydroxylation is 1. The molecule has 1 aliphatic rings. The van der Waals surface area contributed by atoms with Crippen LogP contribution in [0.25, 0.3) is 0 Å². The van der Waals surface area contributed by atoms with Crippen molar-refractivity contribution in [2.45, 2.75) is 58.0 Å². The van der Waals surface area contributed by atoms with Gasteiger partial charge in [0.15, 0.2) is 0 Å². The van der Waals surface area contributed by atoms with Crippen molar-refractivity contribution in [3.05, 3.63) is 95.2 Å². The van der Waals surface area contributed by atoms with Crippen LogP contribution in [0.15, 0.2) is 71.1 Å². The zero-order valence-corrected chi connectivity index (χ0v) is 20.3. The topological polar surface area (TPSA) is 53.8 Å². The monoisotopic (exact) mass is 476 g/mol. The predicted octanol–water partition coefficient (Wildman–Crippen LogP) is 5.77. The molecule has 0 spiro atoms. The van der Waals surface area contributed by atoms with Gasteiger partial charge in [-0.3, -0.25) is 9.59 Å². The fraction of sp³-hybridized carbons (Fsp3) is 0.379. The molecule has 0 radical (unpaired) electrons. The number of hydrogen-bond acceptors (Lipinski definition) is 3. The summed E-state index contributed by atoms with van der Waals surface area (Å²) >= 11 is 0. The number of carbonyl (C=O) groups is 2. The lowest BCUT2D eigenvalue weighted by Gasteiger charge is -2.35. The van der Waals surface area contributed by atoms with Gasteiger partial charge in [-0.2, -0.15) is 0 Å². The minimum atomic E-state index is -0.386. The van der Waals surface area contributed by atoms with Crippen molar-refractivity contribution in [3.63, 3.8) is 0 Å². The van der Waals surface area contributed by atoms with Gasteiger partial charge in [-0.25, -0.2) is 4.39 Å². The molecule has 6 heteroatoms. The SMILES string of the molecule is Cc1ccc(CN(CCc2ccccc2)C(=O)CN(C(=O)c2ccc(F)cc2)C2CCCCC2)o1. The van der Waals surface area contributed by atoms with Gasteiger partial charge in [-0.05, 0) is 68.1 Å². The Labute approximate surface area is 206 Å². The van der Waals surface area contributed by atoms with E-state index in [1.54, 1.807) is 9.80 Å². The van der Waals surface area contributed by atoms with E-state index in [-0.39, 0.29) is 30.2 Å². The van der Waals surface area contributed by atoms with Gasteiger partial charge in [0, 0.05) is 18.2 Å². The summed E-state index contributed by atoms with van der Waals surface area (Å²) in [5.74, 6) is 0.796. The molecule has 1 aromatic heterocycles. The Morgan fingerprint density at radius 1 is 0.943 bits per heavy atom. The molecule has 1 heterocycles. The molecule has 2 amide bonds. The van der Waals surface area contributed by atoms with Crippen LogP contribution in [0.5, 0.6) is 0 Å². The standard InChI is InChI=1S/C29H33FN2O3/c1-22-12-17-27(35-22)20-31(19-18-23-8-4-2-5-9-23)28(33)21-32(26-10-6-3-7-11-26)29(34)24-13-15-25(30)16-14-24/h2,4-5,8-9,12-17,26H,3,6-7,10-11,18-21H2,1H3. The highest BCUT2D eigenvalue weighted by Gasteiger charge is 2.30. The third-order valence-corrected chi connectivity index (χ3v) is 6.68. The number of rotatable bonds is 9. The molecular weight excluding hydrogens is 443 g/mol. The fourth-order valence-electron chi connectivity index (χ4n) is 4.72. The van der Waals surface area contributed by atoms with Crippen LogP contribution in [0, 0.1) is 12.7 Å². The van der Waals surface area contributed by atoms with Crippen LogP contribution in [-0.4, -0.2) is 40.7 Å². The molecule has 184 valence electrons. The van der Waals surface area contributed by atoms with Gasteiger partial charge in [0.05, 0.1) is 6.54 Å². The number of carbonyl (C=O) groups excluding carboxylic acids is 2. The number of amides is 2. The lowest BCUT2D eigenvalue weighted by molar-refractivity contribution is -0.133. The van der Waals surface area contributed by atoms with Crippen LogP contribution in [0.3, 0.4) is 0 Å². The Balaban J connectivity index is 1.54. The summed E-state index contributed by atoms with van der Waals surface area (Å²) in [4.78, 5) is 30.6. The summed E-state index contributed by atoms with van der Waals surface area (Å²) in [7, 11) is 0. The number of halogens is 1. The quantitative estimate of drug-likeness (QED) is 0.394. The van der Waals surface area contributed by atoms with Gasteiger partial charge in [0.25, 0.3) is 5.91 Å². The van der Waals surface area contributed by atoms with Crippen molar-refractivity contribution in [2.24, 2.45) is 0 Å². The highest BCUT2D eigenvalue weighted by Crippen LogP contribution is 2.25. The molecule has 3 aromatic rings. The van der Waals surface area contributed by atoms with Crippen LogP contribution in [0.1, 0.15) is 59.5 Å². The van der Waals surface area contributed by atoms with Crippen molar-refractivity contribution in [1.29, 1.82) is 0 Å². The Kier molecular flexibility index (Phi) is 8.35. The molecule has 35 heavy (non-hydrogen) atoms. The normalized spacial score (nSPS) is 14.0. The first-order valence-corrected chi connectivity index (χ1v) is 12.4.